The topological polar surface area (TPSA) is 41.3 Å². The van der Waals surface area contributed by atoms with E-state index in [-0.39, 0.29) is 0 Å². The Hall–Kier alpha value is -2.16. The Kier molecular flexibility index (Phi) is 4.70. The average molecular weight is 323 g/mol. The second-order valence-corrected chi connectivity index (χ2v) is 7.27. The summed E-state index contributed by atoms with van der Waals surface area (Å²) in [5, 5.41) is 3.61. The minimum Gasteiger partial charge on any atom is -0.397 e. The van der Waals surface area contributed by atoms with Crippen molar-refractivity contribution in [3.8, 4) is 0 Å². The molecule has 24 heavy (non-hydrogen) atoms. The van der Waals surface area contributed by atoms with Crippen LogP contribution in [0.3, 0.4) is 0 Å². The predicted octanol–water partition coefficient (Wildman–Crippen LogP) is 4.14. The number of nitrogens with two attached hydrogens (primary N) is 1. The predicted molar refractivity (Wildman–Crippen MR) is 102 cm³/mol. The molecule has 1 aromatic rings. The Labute approximate surface area is 145 Å². The van der Waals surface area contributed by atoms with Crippen LogP contribution in [0.15, 0.2) is 53.4 Å². The first-order valence-electron chi connectivity index (χ1n) is 9.00. The van der Waals surface area contributed by atoms with Crippen molar-refractivity contribution in [2.24, 2.45) is 5.73 Å². The van der Waals surface area contributed by atoms with Crippen molar-refractivity contribution >= 4 is 5.70 Å². The number of hydrogen-bond donors (Lipinski definition) is 2. The number of benzene rings is 1. The van der Waals surface area contributed by atoms with Gasteiger partial charge in [-0.15, -0.1) is 0 Å². The molecule has 3 rings (SSSR count). The minimum atomic E-state index is 0.343. The first-order valence-corrected chi connectivity index (χ1v) is 9.00. The molecule has 0 saturated heterocycles. The smallest absolute Gasteiger partial charge is 0.0656 e. The van der Waals surface area contributed by atoms with Gasteiger partial charge in [0, 0.05) is 35.5 Å². The monoisotopic (exact) mass is 323 g/mol. The first-order chi connectivity index (χ1) is 11.5. The molecule has 0 saturated carbocycles. The summed E-state index contributed by atoms with van der Waals surface area (Å²) in [4.78, 5) is 2.48. The van der Waals surface area contributed by atoms with Gasteiger partial charge in [0.1, 0.15) is 0 Å². The van der Waals surface area contributed by atoms with Crippen LogP contribution in [0.25, 0.3) is 5.70 Å². The van der Waals surface area contributed by atoms with E-state index >= 15 is 0 Å². The van der Waals surface area contributed by atoms with Gasteiger partial charge in [0.15, 0.2) is 0 Å². The lowest BCUT2D eigenvalue weighted by Crippen LogP contribution is -2.35. The van der Waals surface area contributed by atoms with E-state index < -0.39 is 0 Å². The van der Waals surface area contributed by atoms with Gasteiger partial charge in [0.05, 0.1) is 11.4 Å². The summed E-state index contributed by atoms with van der Waals surface area (Å²) in [5.74, 6) is 0. The quantitative estimate of drug-likeness (QED) is 0.878. The molecule has 3 heteroatoms. The molecule has 0 aromatic heterocycles. The fraction of sp³-hybridized carbons (Fsp3) is 0.429. The van der Waals surface area contributed by atoms with E-state index in [1.165, 1.54) is 22.4 Å². The van der Waals surface area contributed by atoms with E-state index in [1.807, 2.05) is 0 Å². The van der Waals surface area contributed by atoms with Crippen molar-refractivity contribution in [1.82, 2.24) is 10.2 Å². The Bertz CT molecular complexity index is 708. The maximum Gasteiger partial charge on any atom is 0.0656 e. The van der Waals surface area contributed by atoms with Gasteiger partial charge in [-0.1, -0.05) is 30.3 Å². The normalized spacial score (nSPS) is 20.8. The van der Waals surface area contributed by atoms with Crippen molar-refractivity contribution in [2.45, 2.75) is 59.2 Å². The summed E-state index contributed by atoms with van der Waals surface area (Å²) >= 11 is 0. The summed E-state index contributed by atoms with van der Waals surface area (Å²) in [6.07, 6.45) is 6.59. The molecule has 3 N–H and O–H groups in total. The Balaban J connectivity index is 2.26. The Morgan fingerprint density at radius 2 is 1.88 bits per heavy atom. The number of allylic oxidation sites excluding steroid dienone is 3. The van der Waals surface area contributed by atoms with E-state index in [4.69, 9.17) is 5.73 Å². The van der Waals surface area contributed by atoms with Gasteiger partial charge >= 0.3 is 0 Å². The fourth-order valence-corrected chi connectivity index (χ4v) is 3.56. The molecule has 0 bridgehead atoms. The van der Waals surface area contributed by atoms with Gasteiger partial charge in [0.25, 0.3) is 0 Å². The van der Waals surface area contributed by atoms with Gasteiger partial charge in [-0.05, 0) is 52.2 Å². The van der Waals surface area contributed by atoms with E-state index in [9.17, 15) is 0 Å². The summed E-state index contributed by atoms with van der Waals surface area (Å²) in [6, 6.07) is 9.40. The molecule has 0 radical (unpaired) electrons. The summed E-state index contributed by atoms with van der Waals surface area (Å²) in [7, 11) is 0. The van der Waals surface area contributed by atoms with E-state index in [2.05, 4.69) is 74.3 Å². The fourth-order valence-electron chi connectivity index (χ4n) is 3.56. The molecule has 1 aliphatic heterocycles. The third kappa shape index (κ3) is 3.08. The zero-order valence-electron chi connectivity index (χ0n) is 15.3. The summed E-state index contributed by atoms with van der Waals surface area (Å²) in [6.45, 7) is 9.75. The number of fused-ring (bicyclic) bond motifs is 1. The highest BCUT2D eigenvalue weighted by molar-refractivity contribution is 5.74. The second-order valence-electron chi connectivity index (χ2n) is 7.27. The van der Waals surface area contributed by atoms with Crippen LogP contribution in [0.2, 0.25) is 0 Å². The van der Waals surface area contributed by atoms with Crippen LogP contribution in [-0.2, 0) is 6.54 Å². The van der Waals surface area contributed by atoms with Crippen molar-refractivity contribution < 1.29 is 0 Å². The maximum atomic E-state index is 6.73. The molecule has 0 spiro atoms. The molecule has 0 fully saturated rings. The van der Waals surface area contributed by atoms with Crippen LogP contribution in [-0.4, -0.2) is 17.0 Å². The zero-order valence-corrected chi connectivity index (χ0v) is 15.3. The SMILES string of the molecule is CC(C)N/C1=C(\N)C2=C(C=CCC2)N(C(C)C)Cc2ccccc21. The Morgan fingerprint density at radius 3 is 2.58 bits per heavy atom. The van der Waals surface area contributed by atoms with Crippen molar-refractivity contribution in [2.75, 3.05) is 0 Å². The molecular weight excluding hydrogens is 294 g/mol. The van der Waals surface area contributed by atoms with Crippen LogP contribution >= 0.6 is 0 Å². The van der Waals surface area contributed by atoms with Gasteiger partial charge < -0.3 is 16.0 Å². The third-order valence-corrected chi connectivity index (χ3v) is 4.73. The maximum absolute atomic E-state index is 6.73. The lowest BCUT2D eigenvalue weighted by Gasteiger charge is -2.36. The van der Waals surface area contributed by atoms with Crippen LogP contribution in [0, 0.1) is 0 Å². The van der Waals surface area contributed by atoms with Gasteiger partial charge in [-0.25, -0.2) is 0 Å². The number of rotatable bonds is 3. The second kappa shape index (κ2) is 6.76. The molecular formula is C21H29N3. The Morgan fingerprint density at radius 1 is 1.12 bits per heavy atom. The number of hydrogen-bond acceptors (Lipinski definition) is 3. The van der Waals surface area contributed by atoms with Gasteiger partial charge in [-0.3, -0.25) is 0 Å². The molecule has 1 heterocycles. The molecule has 0 atom stereocenters. The highest BCUT2D eigenvalue weighted by Gasteiger charge is 2.26. The van der Waals surface area contributed by atoms with Crippen molar-refractivity contribution in [1.29, 1.82) is 0 Å². The molecule has 3 nitrogen and oxygen atoms in total. The molecule has 0 amide bonds. The third-order valence-electron chi connectivity index (χ3n) is 4.73. The largest absolute Gasteiger partial charge is 0.397 e. The number of nitrogens with one attached hydrogen (secondary N) is 1. The lowest BCUT2D eigenvalue weighted by molar-refractivity contribution is 0.279. The zero-order chi connectivity index (χ0) is 17.3. The van der Waals surface area contributed by atoms with Crippen molar-refractivity contribution in [3.05, 3.63) is 64.5 Å². The molecule has 0 unspecified atom stereocenters. The van der Waals surface area contributed by atoms with Crippen LogP contribution in [0.4, 0.5) is 0 Å². The standard InChI is InChI=1S/C21H29N3/c1-14(2)23-21-17-10-6-5-9-16(17)13-24(15(3)4)19-12-8-7-11-18(19)20(21)22/h5-6,8-10,12,14-15,23H,7,11,13,22H2,1-4H3/b21-20-. The summed E-state index contributed by atoms with van der Waals surface area (Å²) in [5.41, 5.74) is 13.8. The average Bonchev–Trinajstić information content (AvgIpc) is 2.56. The minimum absolute atomic E-state index is 0.343. The molecule has 2 aliphatic rings. The van der Waals surface area contributed by atoms with Crippen LogP contribution in [0.5, 0.6) is 0 Å². The van der Waals surface area contributed by atoms with Gasteiger partial charge in [0.2, 0.25) is 0 Å². The molecule has 1 aromatic carbocycles. The van der Waals surface area contributed by atoms with Crippen molar-refractivity contribution in [3.63, 3.8) is 0 Å². The highest BCUT2D eigenvalue weighted by Crippen LogP contribution is 2.35. The lowest BCUT2D eigenvalue weighted by atomic mass is 9.91. The molecule has 128 valence electrons. The van der Waals surface area contributed by atoms with Gasteiger partial charge in [-0.2, -0.15) is 0 Å². The first kappa shape index (κ1) is 16.7. The van der Waals surface area contributed by atoms with Crippen LogP contribution in [0.1, 0.15) is 51.7 Å². The van der Waals surface area contributed by atoms with E-state index in [0.717, 1.165) is 30.8 Å². The van der Waals surface area contributed by atoms with E-state index in [0.29, 0.717) is 12.1 Å². The van der Waals surface area contributed by atoms with E-state index in [1.54, 1.807) is 0 Å². The number of nitrogens with zero attached hydrogens (tertiary/aromatic N) is 1. The highest BCUT2D eigenvalue weighted by atomic mass is 15.2. The summed E-state index contributed by atoms with van der Waals surface area (Å²) < 4.78 is 0. The van der Waals surface area contributed by atoms with Crippen LogP contribution < -0.4 is 11.1 Å². The molecule has 1 aliphatic carbocycles.